The van der Waals surface area contributed by atoms with Crippen LogP contribution in [0.2, 0.25) is 5.02 Å². The number of allylic oxidation sites excluding steroid dienone is 1. The molecule has 1 aromatic rings. The van der Waals surface area contributed by atoms with Crippen molar-refractivity contribution in [2.24, 2.45) is 0 Å². The standard InChI is InChI=1S/C26H39ClN2O4/c1-5-7-8-9-10-11-12-16-32-19-14-15-20(21(27)17-19)24-23(25(30)33-18(3)4)22(13-6-2)28-26(31)29-24/h14-15,17-18,24H,5-13,16H2,1-4H3,(H2,28,29,31). The first-order valence-electron chi connectivity index (χ1n) is 12.3. The Kier molecular flexibility index (Phi) is 11.6. The lowest BCUT2D eigenvalue weighted by molar-refractivity contribution is -0.143. The van der Waals surface area contributed by atoms with Crippen LogP contribution >= 0.6 is 11.6 Å². The molecule has 0 saturated carbocycles. The predicted octanol–water partition coefficient (Wildman–Crippen LogP) is 6.83. The largest absolute Gasteiger partial charge is 0.494 e. The Balaban J connectivity index is 2.09. The van der Waals surface area contributed by atoms with E-state index in [1.54, 1.807) is 19.9 Å². The molecule has 1 atom stereocenters. The molecular weight excluding hydrogens is 440 g/mol. The van der Waals surface area contributed by atoms with E-state index < -0.39 is 12.0 Å². The molecule has 2 amide bonds. The van der Waals surface area contributed by atoms with E-state index in [4.69, 9.17) is 21.1 Å². The lowest BCUT2D eigenvalue weighted by Crippen LogP contribution is -2.46. The highest BCUT2D eigenvalue weighted by molar-refractivity contribution is 6.31. The van der Waals surface area contributed by atoms with Crippen molar-refractivity contribution >= 4 is 23.6 Å². The third-order valence-corrected chi connectivity index (χ3v) is 5.84. The van der Waals surface area contributed by atoms with Crippen LogP contribution in [0.1, 0.15) is 97.1 Å². The van der Waals surface area contributed by atoms with Crippen LogP contribution in [0.3, 0.4) is 0 Å². The van der Waals surface area contributed by atoms with Crippen LogP contribution in [0.4, 0.5) is 4.79 Å². The lowest BCUT2D eigenvalue weighted by atomic mass is 9.93. The van der Waals surface area contributed by atoms with Crippen molar-refractivity contribution in [3.05, 3.63) is 40.1 Å². The summed E-state index contributed by atoms with van der Waals surface area (Å²) >= 11 is 6.60. The summed E-state index contributed by atoms with van der Waals surface area (Å²) in [6.45, 7) is 8.45. The monoisotopic (exact) mass is 478 g/mol. The van der Waals surface area contributed by atoms with Crippen LogP contribution in [0, 0.1) is 0 Å². The number of halogens is 1. The van der Waals surface area contributed by atoms with E-state index in [0.717, 1.165) is 19.3 Å². The number of esters is 1. The first kappa shape index (κ1) is 27.0. The number of amides is 2. The van der Waals surface area contributed by atoms with Gasteiger partial charge in [-0.25, -0.2) is 9.59 Å². The third-order valence-electron chi connectivity index (χ3n) is 5.52. The molecule has 2 N–H and O–H groups in total. The van der Waals surface area contributed by atoms with Gasteiger partial charge in [-0.1, -0.05) is 76.5 Å². The molecular formula is C26H39ClN2O4. The molecule has 0 spiro atoms. The molecule has 0 aromatic heterocycles. The minimum absolute atomic E-state index is 0.274. The van der Waals surface area contributed by atoms with Gasteiger partial charge in [-0.3, -0.25) is 0 Å². The number of carbonyl (C=O) groups excluding carboxylic acids is 2. The Morgan fingerprint density at radius 3 is 2.39 bits per heavy atom. The second-order valence-electron chi connectivity index (χ2n) is 8.78. The molecule has 2 rings (SSSR count). The minimum atomic E-state index is -0.684. The number of hydrogen-bond donors (Lipinski definition) is 2. The average molecular weight is 479 g/mol. The average Bonchev–Trinajstić information content (AvgIpc) is 2.75. The van der Waals surface area contributed by atoms with Gasteiger partial charge >= 0.3 is 12.0 Å². The number of unbranched alkanes of at least 4 members (excludes halogenated alkanes) is 6. The number of urea groups is 1. The van der Waals surface area contributed by atoms with E-state index in [2.05, 4.69) is 17.6 Å². The minimum Gasteiger partial charge on any atom is -0.494 e. The second-order valence-corrected chi connectivity index (χ2v) is 9.19. The maximum atomic E-state index is 12.9. The van der Waals surface area contributed by atoms with Crippen LogP contribution in [0.15, 0.2) is 29.5 Å². The first-order chi connectivity index (χ1) is 15.9. The molecule has 0 radical (unpaired) electrons. The number of carbonyl (C=O) groups is 2. The van der Waals surface area contributed by atoms with Gasteiger partial charge in [0.15, 0.2) is 0 Å². The summed E-state index contributed by atoms with van der Waals surface area (Å²) in [4.78, 5) is 25.2. The van der Waals surface area contributed by atoms with Gasteiger partial charge in [0, 0.05) is 10.7 Å². The van der Waals surface area contributed by atoms with Crippen molar-refractivity contribution in [2.75, 3.05) is 6.61 Å². The highest BCUT2D eigenvalue weighted by atomic mass is 35.5. The number of rotatable bonds is 14. The van der Waals surface area contributed by atoms with Gasteiger partial charge in [0.25, 0.3) is 0 Å². The summed E-state index contributed by atoms with van der Waals surface area (Å²) in [5.74, 6) is 0.223. The molecule has 33 heavy (non-hydrogen) atoms. The zero-order valence-corrected chi connectivity index (χ0v) is 21.2. The number of benzene rings is 1. The first-order valence-corrected chi connectivity index (χ1v) is 12.7. The molecule has 1 unspecified atom stereocenters. The van der Waals surface area contributed by atoms with E-state index in [1.165, 1.54) is 32.1 Å². The SMILES string of the molecule is CCCCCCCCCOc1ccc(C2NC(=O)NC(CCC)=C2C(=O)OC(C)C)c(Cl)c1. The fraction of sp³-hybridized carbons (Fsp3) is 0.615. The summed E-state index contributed by atoms with van der Waals surface area (Å²) in [6.07, 6.45) is 9.62. The normalized spacial score (nSPS) is 15.9. The second kappa shape index (κ2) is 14.1. The molecule has 1 heterocycles. The summed E-state index contributed by atoms with van der Waals surface area (Å²) in [6, 6.07) is 4.35. The fourth-order valence-corrected chi connectivity index (χ4v) is 4.18. The highest BCUT2D eigenvalue weighted by Gasteiger charge is 2.34. The fourth-order valence-electron chi connectivity index (χ4n) is 3.90. The van der Waals surface area contributed by atoms with Crippen molar-refractivity contribution in [3.8, 4) is 5.75 Å². The van der Waals surface area contributed by atoms with Gasteiger partial charge in [-0.05, 0) is 44.4 Å². The van der Waals surface area contributed by atoms with Gasteiger partial charge in [0.05, 0.1) is 24.3 Å². The van der Waals surface area contributed by atoms with Crippen LogP contribution in [-0.4, -0.2) is 24.7 Å². The van der Waals surface area contributed by atoms with Crippen LogP contribution in [-0.2, 0) is 9.53 Å². The Morgan fingerprint density at radius 1 is 1.06 bits per heavy atom. The van der Waals surface area contributed by atoms with Crippen LogP contribution in [0.25, 0.3) is 0 Å². The Morgan fingerprint density at radius 2 is 1.76 bits per heavy atom. The predicted molar refractivity (Wildman–Crippen MR) is 133 cm³/mol. The van der Waals surface area contributed by atoms with Crippen molar-refractivity contribution in [1.29, 1.82) is 0 Å². The summed E-state index contributed by atoms with van der Waals surface area (Å²) in [5.41, 5.74) is 1.61. The third kappa shape index (κ3) is 8.58. The van der Waals surface area contributed by atoms with Crippen molar-refractivity contribution < 1.29 is 19.1 Å². The molecule has 0 bridgehead atoms. The Labute approximate surface area is 203 Å². The van der Waals surface area contributed by atoms with Crippen molar-refractivity contribution in [1.82, 2.24) is 10.6 Å². The van der Waals surface area contributed by atoms with Gasteiger partial charge in [-0.2, -0.15) is 0 Å². The molecule has 0 fully saturated rings. The molecule has 0 saturated heterocycles. The van der Waals surface area contributed by atoms with E-state index in [0.29, 0.717) is 40.6 Å². The molecule has 0 aliphatic carbocycles. The molecule has 1 aliphatic rings. The summed E-state index contributed by atoms with van der Waals surface area (Å²) in [5, 5.41) is 6.04. The number of hydrogen-bond acceptors (Lipinski definition) is 4. The quantitative estimate of drug-likeness (QED) is 0.227. The van der Waals surface area contributed by atoms with E-state index in [9.17, 15) is 9.59 Å². The zero-order chi connectivity index (χ0) is 24.2. The van der Waals surface area contributed by atoms with Crippen LogP contribution < -0.4 is 15.4 Å². The van der Waals surface area contributed by atoms with Gasteiger partial charge in [-0.15, -0.1) is 0 Å². The zero-order valence-electron chi connectivity index (χ0n) is 20.5. The molecule has 7 heteroatoms. The van der Waals surface area contributed by atoms with Gasteiger partial charge < -0.3 is 20.1 Å². The Bertz CT molecular complexity index is 823. The number of nitrogens with one attached hydrogen (secondary N) is 2. The topological polar surface area (TPSA) is 76.7 Å². The summed E-state index contributed by atoms with van der Waals surface area (Å²) < 4.78 is 11.3. The highest BCUT2D eigenvalue weighted by Crippen LogP contribution is 2.35. The van der Waals surface area contributed by atoms with Gasteiger partial charge in [0.1, 0.15) is 5.75 Å². The van der Waals surface area contributed by atoms with Crippen molar-refractivity contribution in [3.63, 3.8) is 0 Å². The van der Waals surface area contributed by atoms with Crippen LogP contribution in [0.5, 0.6) is 5.75 Å². The number of ether oxygens (including phenoxy) is 2. The molecule has 6 nitrogen and oxygen atoms in total. The lowest BCUT2D eigenvalue weighted by Gasteiger charge is -2.30. The Hall–Kier alpha value is -2.21. The van der Waals surface area contributed by atoms with E-state index in [-0.39, 0.29) is 12.1 Å². The van der Waals surface area contributed by atoms with E-state index in [1.807, 2.05) is 19.1 Å². The molecule has 1 aromatic carbocycles. The van der Waals surface area contributed by atoms with Gasteiger partial charge in [0.2, 0.25) is 0 Å². The summed E-state index contributed by atoms with van der Waals surface area (Å²) in [7, 11) is 0. The molecule has 184 valence electrons. The maximum Gasteiger partial charge on any atom is 0.338 e. The maximum absolute atomic E-state index is 12.9. The van der Waals surface area contributed by atoms with E-state index >= 15 is 0 Å². The molecule has 1 aliphatic heterocycles. The smallest absolute Gasteiger partial charge is 0.338 e. The van der Waals surface area contributed by atoms with Crippen molar-refractivity contribution in [2.45, 2.75) is 97.6 Å².